The van der Waals surface area contributed by atoms with Gasteiger partial charge in [-0.25, -0.2) is 4.21 Å². The minimum Gasteiger partial charge on any atom is -0.355 e. The van der Waals surface area contributed by atoms with E-state index in [2.05, 4.69) is 25.6 Å². The Kier molecular flexibility index (Phi) is 6.00. The number of hydrogen-bond donors (Lipinski definition) is 3. The van der Waals surface area contributed by atoms with Gasteiger partial charge < -0.3 is 14.3 Å². The van der Waals surface area contributed by atoms with Crippen molar-refractivity contribution in [2.45, 2.75) is 31.9 Å². The van der Waals surface area contributed by atoms with E-state index in [1.54, 1.807) is 0 Å². The summed E-state index contributed by atoms with van der Waals surface area (Å²) in [6.45, 7) is 12.8. The summed E-state index contributed by atoms with van der Waals surface area (Å²) in [6, 6.07) is 0. The average molecular weight is 340 g/mol. The van der Waals surface area contributed by atoms with Gasteiger partial charge in [-0.1, -0.05) is 27.3 Å². The zero-order valence-corrected chi connectivity index (χ0v) is 14.5. The van der Waals surface area contributed by atoms with E-state index in [1.807, 2.05) is 20.8 Å². The first-order valence-corrected chi connectivity index (χ1v) is 7.93. The zero-order valence-electron chi connectivity index (χ0n) is 13.7. The first kappa shape index (κ1) is 18.8. The third kappa shape index (κ3) is 4.87. The Hall–Kier alpha value is -2.25. The summed E-state index contributed by atoms with van der Waals surface area (Å²) in [5.74, 6) is -0.835. The topological polar surface area (TPSA) is 115 Å². The van der Waals surface area contributed by atoms with Crippen molar-refractivity contribution in [3.63, 3.8) is 0 Å². The van der Waals surface area contributed by atoms with Crippen LogP contribution in [-0.4, -0.2) is 49.7 Å². The van der Waals surface area contributed by atoms with E-state index in [1.165, 1.54) is 19.0 Å². The van der Waals surface area contributed by atoms with Gasteiger partial charge in [0.2, 0.25) is 0 Å². The van der Waals surface area contributed by atoms with Crippen molar-refractivity contribution in [3.05, 3.63) is 22.7 Å². The number of carbonyl (C=O) groups is 1. The molecular formula is C13H20N6O3S. The molecular weight excluding hydrogens is 320 g/mol. The van der Waals surface area contributed by atoms with E-state index >= 15 is 0 Å². The van der Waals surface area contributed by atoms with Gasteiger partial charge in [0.25, 0.3) is 5.91 Å². The van der Waals surface area contributed by atoms with Crippen molar-refractivity contribution in [3.8, 4) is 0 Å². The van der Waals surface area contributed by atoms with Crippen molar-refractivity contribution in [2.75, 3.05) is 19.5 Å². The first-order chi connectivity index (χ1) is 10.6. The van der Waals surface area contributed by atoms with Gasteiger partial charge in [0.1, 0.15) is 0 Å². The summed E-state index contributed by atoms with van der Waals surface area (Å²) >= 11 is -2.07. The maximum absolute atomic E-state index is 11.7. The minimum absolute atomic E-state index is 0.143. The number of rotatable bonds is 4. The van der Waals surface area contributed by atoms with E-state index in [9.17, 15) is 13.6 Å². The lowest BCUT2D eigenvalue weighted by atomic mass is 9.90. The summed E-state index contributed by atoms with van der Waals surface area (Å²) in [5, 5.41) is 10.6. The number of likely N-dealkylation sites (N-methyl/N-ethyl adjacent to an activating group) is 1. The fourth-order valence-corrected chi connectivity index (χ4v) is 2.30. The Morgan fingerprint density at radius 1 is 1.52 bits per heavy atom. The van der Waals surface area contributed by atoms with Gasteiger partial charge in [0, 0.05) is 30.8 Å². The summed E-state index contributed by atoms with van der Waals surface area (Å²) in [5.41, 5.74) is 3.38. The molecule has 0 saturated heterocycles. The Bertz CT molecular complexity index is 681. The minimum atomic E-state index is -2.07. The zero-order chi connectivity index (χ0) is 17.8. The van der Waals surface area contributed by atoms with Crippen LogP contribution < -0.4 is 5.43 Å². The second-order valence-corrected chi connectivity index (χ2v) is 6.93. The molecule has 0 bridgehead atoms. The summed E-state index contributed by atoms with van der Waals surface area (Å²) in [4.78, 5) is 16.0. The molecule has 1 aromatic heterocycles. The van der Waals surface area contributed by atoms with Crippen LogP contribution in [0.5, 0.6) is 0 Å². The molecule has 0 aliphatic heterocycles. The van der Waals surface area contributed by atoms with Crippen molar-refractivity contribution >= 4 is 28.6 Å². The highest BCUT2D eigenvalue weighted by molar-refractivity contribution is 7.78. The van der Waals surface area contributed by atoms with E-state index in [0.29, 0.717) is 11.3 Å². The number of hydrazone groups is 1. The molecule has 1 amide bonds. The fraction of sp³-hybridized carbons (Fsp3) is 0.538. The smallest absolute Gasteiger partial charge is 0.355 e. The molecule has 1 unspecified atom stereocenters. The highest BCUT2D eigenvalue weighted by atomic mass is 32.2. The van der Waals surface area contributed by atoms with E-state index in [-0.39, 0.29) is 22.8 Å². The van der Waals surface area contributed by atoms with Crippen LogP contribution in [0.3, 0.4) is 0 Å². The molecule has 0 fully saturated rings. The van der Waals surface area contributed by atoms with E-state index < -0.39 is 17.0 Å². The van der Waals surface area contributed by atoms with Crippen molar-refractivity contribution in [1.29, 1.82) is 0 Å². The summed E-state index contributed by atoms with van der Waals surface area (Å²) in [7, 11) is 3.02. The number of amides is 1. The highest BCUT2D eigenvalue weighted by Crippen LogP contribution is 2.29. The van der Waals surface area contributed by atoms with Gasteiger partial charge in [0.15, 0.2) is 16.9 Å². The van der Waals surface area contributed by atoms with Gasteiger partial charge in [-0.2, -0.15) is 10.5 Å². The number of nitrogens with one attached hydrogen (secondary N) is 2. The predicted molar refractivity (Wildman–Crippen MR) is 88.1 cm³/mol. The molecule has 0 saturated carbocycles. The van der Waals surface area contributed by atoms with Crippen LogP contribution in [0.25, 0.3) is 4.85 Å². The van der Waals surface area contributed by atoms with Crippen molar-refractivity contribution in [2.24, 2.45) is 5.10 Å². The van der Waals surface area contributed by atoms with Gasteiger partial charge in [-0.05, 0) is 5.10 Å². The molecule has 1 atom stereocenters. The van der Waals surface area contributed by atoms with Crippen molar-refractivity contribution < 1.29 is 13.6 Å². The number of hydrogen-bond acceptors (Lipinski definition) is 5. The van der Waals surface area contributed by atoms with E-state index in [0.717, 1.165) is 0 Å². The standard InChI is InChI=1S/C13H20N6O3S/c1-13(2,3)9-8(7-23(21)22)10(16-15-9)17-18-11(14-4)12(20)19(5)6/h7H2,1-3,5-6H3,(H,21,22)(H2,15,16,17). The molecule has 1 rings (SSSR count). The van der Waals surface area contributed by atoms with Crippen LogP contribution in [0.1, 0.15) is 32.0 Å². The number of nitrogens with zero attached hydrogens (tertiary/aromatic N) is 4. The fourth-order valence-electron chi connectivity index (χ4n) is 1.77. The van der Waals surface area contributed by atoms with Gasteiger partial charge in [-0.15, -0.1) is 0 Å². The lowest BCUT2D eigenvalue weighted by molar-refractivity contribution is -0.121. The maximum Gasteiger partial charge on any atom is 0.357 e. The van der Waals surface area contributed by atoms with Crippen LogP contribution in [0, 0.1) is 6.57 Å². The van der Waals surface area contributed by atoms with Crippen LogP contribution in [0.4, 0.5) is 5.82 Å². The molecule has 0 spiro atoms. The number of aromatic amines is 1. The van der Waals surface area contributed by atoms with Crippen LogP contribution in [0.2, 0.25) is 0 Å². The largest absolute Gasteiger partial charge is 0.357 e. The van der Waals surface area contributed by atoms with Gasteiger partial charge in [-0.3, -0.25) is 9.89 Å². The Balaban J connectivity index is 3.19. The Morgan fingerprint density at radius 3 is 2.57 bits per heavy atom. The lowest BCUT2D eigenvalue weighted by Gasteiger charge is -2.17. The van der Waals surface area contributed by atoms with Gasteiger partial charge in [0.05, 0.1) is 5.75 Å². The second kappa shape index (κ2) is 7.34. The third-order valence-corrected chi connectivity index (χ3v) is 3.39. The first-order valence-electron chi connectivity index (χ1n) is 6.66. The maximum atomic E-state index is 11.7. The average Bonchev–Trinajstić information content (AvgIpc) is 2.81. The number of aromatic nitrogens is 2. The number of anilines is 1. The van der Waals surface area contributed by atoms with Crippen LogP contribution in [0.15, 0.2) is 5.10 Å². The molecule has 0 radical (unpaired) electrons. The van der Waals surface area contributed by atoms with Crippen LogP contribution >= 0.6 is 0 Å². The number of amidine groups is 1. The SMILES string of the molecule is [C-]#[N+]C(=NNc1n[nH]c(C(C)(C)C)c1CS(=O)O)C(=O)N(C)C. The van der Waals surface area contributed by atoms with Crippen molar-refractivity contribution in [1.82, 2.24) is 15.1 Å². The summed E-state index contributed by atoms with van der Waals surface area (Å²) in [6.07, 6.45) is 0. The Morgan fingerprint density at radius 2 is 2.13 bits per heavy atom. The summed E-state index contributed by atoms with van der Waals surface area (Å²) < 4.78 is 20.4. The molecule has 9 nitrogen and oxygen atoms in total. The highest BCUT2D eigenvalue weighted by Gasteiger charge is 2.25. The monoisotopic (exact) mass is 340 g/mol. The number of H-pyrrole nitrogens is 1. The van der Waals surface area contributed by atoms with Crippen LogP contribution in [-0.2, 0) is 27.0 Å². The lowest BCUT2D eigenvalue weighted by Crippen LogP contribution is -2.28. The molecule has 23 heavy (non-hydrogen) atoms. The third-order valence-electron chi connectivity index (χ3n) is 2.86. The van der Waals surface area contributed by atoms with Gasteiger partial charge >= 0.3 is 5.84 Å². The predicted octanol–water partition coefficient (Wildman–Crippen LogP) is 1.16. The second-order valence-electron chi connectivity index (χ2n) is 6.00. The Labute approximate surface area is 137 Å². The molecule has 0 aliphatic rings. The molecule has 3 N–H and O–H groups in total. The molecule has 10 heteroatoms. The molecule has 0 aliphatic carbocycles. The van der Waals surface area contributed by atoms with E-state index in [4.69, 9.17) is 6.57 Å². The molecule has 1 heterocycles. The normalized spacial score (nSPS) is 13.3. The quantitative estimate of drug-likeness (QED) is 0.250. The molecule has 126 valence electrons. The molecule has 1 aromatic rings. The molecule has 0 aromatic carbocycles. The number of carbonyl (C=O) groups excluding carboxylic acids is 1.